The van der Waals surface area contributed by atoms with Crippen LogP contribution in [0.1, 0.15) is 90.2 Å². The molecule has 0 bridgehead atoms. The van der Waals surface area contributed by atoms with Crippen LogP contribution in [0.5, 0.6) is 0 Å². The van der Waals surface area contributed by atoms with Gasteiger partial charge in [0.2, 0.25) is 5.95 Å². The van der Waals surface area contributed by atoms with Gasteiger partial charge < -0.3 is 15.3 Å². The van der Waals surface area contributed by atoms with Crippen molar-refractivity contribution in [2.24, 2.45) is 16.2 Å². The summed E-state index contributed by atoms with van der Waals surface area (Å²) in [6.07, 6.45) is 8.53. The molecule has 7 rings (SSSR count). The van der Waals surface area contributed by atoms with Crippen LogP contribution in [0.15, 0.2) is 40.2 Å². The van der Waals surface area contributed by atoms with Crippen molar-refractivity contribution in [3.05, 3.63) is 51.4 Å². The molecule has 10 nitrogen and oxygen atoms in total. The van der Waals surface area contributed by atoms with Gasteiger partial charge in [-0.15, -0.1) is 0 Å². The Labute approximate surface area is 274 Å². The Morgan fingerprint density at radius 1 is 1.09 bits per heavy atom. The van der Waals surface area contributed by atoms with Gasteiger partial charge in [0.15, 0.2) is 9.84 Å². The van der Waals surface area contributed by atoms with Gasteiger partial charge in [0.1, 0.15) is 10.7 Å². The lowest BCUT2D eigenvalue weighted by molar-refractivity contribution is -0.0346. The Morgan fingerprint density at radius 3 is 2.39 bits per heavy atom. The van der Waals surface area contributed by atoms with Crippen molar-refractivity contribution in [1.29, 1.82) is 0 Å². The number of likely N-dealkylation sites (tertiary alicyclic amines) is 1. The minimum Gasteiger partial charge on any atom is -0.465 e. The number of benzene rings is 1. The fourth-order valence-corrected chi connectivity index (χ4v) is 11.8. The number of nitrogens with one attached hydrogen (secondary N) is 1. The minimum atomic E-state index is -3.74. The molecule has 2 spiro atoms. The Morgan fingerprint density at radius 2 is 1.78 bits per heavy atom. The number of nitrogens with zero attached hydrogens (tertiary/aromatic N) is 4. The maximum atomic E-state index is 14.4. The molecule has 3 aliphatic carbocycles. The number of carbonyl (C=O) groups is 1. The van der Waals surface area contributed by atoms with Crippen molar-refractivity contribution >= 4 is 50.2 Å². The molecule has 1 saturated heterocycles. The van der Waals surface area contributed by atoms with Crippen molar-refractivity contribution in [3.8, 4) is 0 Å². The van der Waals surface area contributed by atoms with E-state index in [4.69, 9.17) is 16.6 Å². The number of rotatable bonds is 5. The number of sulfone groups is 1. The van der Waals surface area contributed by atoms with Crippen LogP contribution in [0, 0.1) is 23.2 Å². The first kappa shape index (κ1) is 31.4. The summed E-state index contributed by atoms with van der Waals surface area (Å²) >= 11 is 6.38. The predicted molar refractivity (Wildman–Crippen MR) is 178 cm³/mol. The standard InChI is InChI=1S/C34H42ClN5O5S/c1-21-16-23(46(44,45)34(31(2,3)4)19-32(20-34)12-14-39(15-13-32)30(42)43)7-8-25(21)37-29-36-18-22-17-24(35)28(41)40(27(22)38-29)26-6-5-9-33(26)10-11-33/h7-8,16-18,26H,5-6,9-15,19-20H2,1-4H3,(H,42,43)(H,36,37,38). The molecule has 3 saturated carbocycles. The summed E-state index contributed by atoms with van der Waals surface area (Å²) in [7, 11) is -3.74. The van der Waals surface area contributed by atoms with Gasteiger partial charge in [-0.1, -0.05) is 38.8 Å². The summed E-state index contributed by atoms with van der Waals surface area (Å²) in [5.74, 6) is 0.323. The number of amides is 1. The third-order valence-electron chi connectivity index (χ3n) is 11.8. The lowest BCUT2D eigenvalue weighted by atomic mass is 9.51. The van der Waals surface area contributed by atoms with E-state index in [2.05, 4.69) is 10.3 Å². The maximum Gasteiger partial charge on any atom is 0.407 e. The van der Waals surface area contributed by atoms with Crippen LogP contribution in [0.2, 0.25) is 5.02 Å². The Kier molecular flexibility index (Phi) is 7.11. The topological polar surface area (TPSA) is 134 Å². The first-order chi connectivity index (χ1) is 21.6. The molecule has 3 aromatic rings. The largest absolute Gasteiger partial charge is 0.465 e. The smallest absolute Gasteiger partial charge is 0.407 e. The highest BCUT2D eigenvalue weighted by atomic mass is 35.5. The van der Waals surface area contributed by atoms with E-state index in [1.165, 1.54) is 4.90 Å². The van der Waals surface area contributed by atoms with E-state index >= 15 is 0 Å². The molecule has 1 aliphatic heterocycles. The molecular formula is C34H42ClN5O5S. The zero-order valence-corrected chi connectivity index (χ0v) is 28.5. The second kappa shape index (κ2) is 10.4. The molecule has 1 amide bonds. The van der Waals surface area contributed by atoms with Crippen LogP contribution in [-0.4, -0.2) is 56.9 Å². The average Bonchev–Trinajstić information content (AvgIpc) is 3.64. The molecule has 2 N–H and O–H groups in total. The second-order valence-corrected chi connectivity index (χ2v) is 18.0. The fraction of sp³-hybridized carbons (Fsp3) is 0.588. The predicted octanol–water partition coefficient (Wildman–Crippen LogP) is 7.11. The van der Waals surface area contributed by atoms with Gasteiger partial charge in [0, 0.05) is 36.4 Å². The zero-order chi connectivity index (χ0) is 32.9. The number of hydrogen-bond donors (Lipinski definition) is 2. The lowest BCUT2D eigenvalue weighted by Crippen LogP contribution is -2.65. The number of piperidine rings is 1. The molecule has 12 heteroatoms. The lowest BCUT2D eigenvalue weighted by Gasteiger charge is -2.62. The van der Waals surface area contributed by atoms with Gasteiger partial charge in [-0.25, -0.2) is 18.2 Å². The van der Waals surface area contributed by atoms with Crippen LogP contribution in [0.3, 0.4) is 0 Å². The third kappa shape index (κ3) is 4.74. The maximum absolute atomic E-state index is 14.4. The molecule has 46 heavy (non-hydrogen) atoms. The first-order valence-electron chi connectivity index (χ1n) is 16.3. The van der Waals surface area contributed by atoms with Crippen molar-refractivity contribution in [2.45, 2.75) is 101 Å². The molecule has 2 aromatic heterocycles. The number of carboxylic acid groups (broad SMARTS) is 1. The van der Waals surface area contributed by atoms with Crippen molar-refractivity contribution in [3.63, 3.8) is 0 Å². The van der Waals surface area contributed by atoms with Crippen molar-refractivity contribution in [2.75, 3.05) is 18.4 Å². The number of aryl methyl sites for hydroxylation is 1. The summed E-state index contributed by atoms with van der Waals surface area (Å²) in [6.45, 7) is 8.72. The summed E-state index contributed by atoms with van der Waals surface area (Å²) in [4.78, 5) is 35.8. The second-order valence-electron chi connectivity index (χ2n) is 15.4. The van der Waals surface area contributed by atoms with Crippen LogP contribution in [0.25, 0.3) is 11.0 Å². The number of pyridine rings is 1. The van der Waals surface area contributed by atoms with Crippen molar-refractivity contribution in [1.82, 2.24) is 19.4 Å². The van der Waals surface area contributed by atoms with Gasteiger partial charge in [0.25, 0.3) is 5.56 Å². The van der Waals surface area contributed by atoms with Crippen molar-refractivity contribution < 1.29 is 18.3 Å². The summed E-state index contributed by atoms with van der Waals surface area (Å²) in [5.41, 5.74) is 1.25. The number of fused-ring (bicyclic) bond motifs is 1. The first-order valence-corrected chi connectivity index (χ1v) is 18.1. The van der Waals surface area contributed by atoms with Gasteiger partial charge in [-0.2, -0.15) is 4.98 Å². The fourth-order valence-electron chi connectivity index (χ4n) is 8.80. The minimum absolute atomic E-state index is 0.0701. The number of anilines is 2. The number of hydrogen-bond acceptors (Lipinski definition) is 7. The molecule has 1 unspecified atom stereocenters. The molecule has 4 aliphatic rings. The molecule has 4 fully saturated rings. The Balaban J connectivity index is 1.17. The van der Waals surface area contributed by atoms with E-state index in [0.717, 1.165) is 37.7 Å². The molecule has 0 radical (unpaired) electrons. The van der Waals surface area contributed by atoms with Crippen LogP contribution in [-0.2, 0) is 9.84 Å². The summed E-state index contributed by atoms with van der Waals surface area (Å²) < 4.78 is 29.7. The SMILES string of the molecule is Cc1cc(S(=O)(=O)C2(C(C)(C)C)CC3(CCN(C(=O)O)CC3)C2)ccc1Nc1ncc2cc(Cl)c(=O)n(C3CCCC34CC4)c2n1. The van der Waals surface area contributed by atoms with E-state index in [9.17, 15) is 23.1 Å². The average molecular weight is 668 g/mol. The van der Waals surface area contributed by atoms with E-state index < -0.39 is 26.1 Å². The molecule has 1 atom stereocenters. The molecule has 3 heterocycles. The molecular weight excluding hydrogens is 626 g/mol. The summed E-state index contributed by atoms with van der Waals surface area (Å²) in [6, 6.07) is 6.83. The van der Waals surface area contributed by atoms with Gasteiger partial charge in [0.05, 0.1) is 9.64 Å². The number of aromatic nitrogens is 3. The Bertz CT molecular complexity index is 1910. The van der Waals surface area contributed by atoms with Gasteiger partial charge in [-0.3, -0.25) is 9.36 Å². The quantitative estimate of drug-likeness (QED) is 0.294. The third-order valence-corrected chi connectivity index (χ3v) is 14.9. The number of halogens is 1. The Hall–Kier alpha value is -3.18. The van der Waals surface area contributed by atoms with Gasteiger partial charge in [-0.05, 0) is 104 Å². The molecule has 1 aromatic carbocycles. The highest BCUT2D eigenvalue weighted by Gasteiger charge is 2.66. The zero-order valence-electron chi connectivity index (χ0n) is 26.9. The van der Waals surface area contributed by atoms with Crippen LogP contribution in [0.4, 0.5) is 16.4 Å². The highest BCUT2D eigenvalue weighted by molar-refractivity contribution is 7.93. The normalized spacial score (nSPS) is 23.1. The summed E-state index contributed by atoms with van der Waals surface area (Å²) in [5, 5.41) is 13.5. The monoisotopic (exact) mass is 667 g/mol. The van der Waals surface area contributed by atoms with E-state index in [0.29, 0.717) is 61.4 Å². The highest BCUT2D eigenvalue weighted by Crippen LogP contribution is 2.65. The molecule has 246 valence electrons. The van der Waals surface area contributed by atoms with Crippen LogP contribution >= 0.6 is 11.6 Å². The van der Waals surface area contributed by atoms with Gasteiger partial charge >= 0.3 is 6.09 Å². The van der Waals surface area contributed by atoms with E-state index in [1.807, 2.05) is 27.7 Å². The van der Waals surface area contributed by atoms with Crippen LogP contribution < -0.4 is 10.9 Å². The van der Waals surface area contributed by atoms with E-state index in [-0.39, 0.29) is 32.3 Å². The van der Waals surface area contributed by atoms with E-state index in [1.54, 1.807) is 35.0 Å².